The van der Waals surface area contributed by atoms with Crippen molar-refractivity contribution < 1.29 is 14.2 Å². The molecule has 4 heteroatoms. The fourth-order valence-corrected chi connectivity index (χ4v) is 3.29. The van der Waals surface area contributed by atoms with Crippen LogP contribution in [-0.4, -0.2) is 51.7 Å². The minimum absolute atomic E-state index is 0.0554. The van der Waals surface area contributed by atoms with Gasteiger partial charge in [0, 0.05) is 51.2 Å². The summed E-state index contributed by atoms with van der Waals surface area (Å²) in [5, 5.41) is 3.48. The maximum absolute atomic E-state index is 6.14. The van der Waals surface area contributed by atoms with E-state index in [1.165, 1.54) is 0 Å². The van der Waals surface area contributed by atoms with E-state index >= 15 is 0 Å². The minimum atomic E-state index is -0.0554. The Morgan fingerprint density at radius 2 is 2.06 bits per heavy atom. The molecule has 2 unspecified atom stereocenters. The molecule has 2 atom stereocenters. The molecule has 0 aromatic carbocycles. The molecule has 2 fully saturated rings. The first kappa shape index (κ1) is 13.3. The number of nitrogens with one attached hydrogen (secondary N) is 1. The molecular weight excluding hydrogens is 218 g/mol. The first-order chi connectivity index (χ1) is 8.32. The van der Waals surface area contributed by atoms with Crippen molar-refractivity contribution in [2.24, 2.45) is 5.92 Å². The Morgan fingerprint density at radius 3 is 2.59 bits per heavy atom. The van der Waals surface area contributed by atoms with E-state index in [0.29, 0.717) is 12.0 Å². The molecule has 0 radical (unpaired) electrons. The van der Waals surface area contributed by atoms with Gasteiger partial charge in [0.25, 0.3) is 0 Å². The molecule has 2 rings (SSSR count). The Kier molecular flexibility index (Phi) is 4.79. The van der Waals surface area contributed by atoms with Crippen molar-refractivity contribution in [1.29, 1.82) is 0 Å². The van der Waals surface area contributed by atoms with Crippen molar-refractivity contribution in [3.8, 4) is 0 Å². The van der Waals surface area contributed by atoms with Gasteiger partial charge in [-0.05, 0) is 20.4 Å². The number of rotatable bonds is 5. The average molecular weight is 243 g/mol. The smallest absolute Gasteiger partial charge is 0.0881 e. The van der Waals surface area contributed by atoms with Crippen LogP contribution < -0.4 is 5.32 Å². The third-order valence-corrected chi connectivity index (χ3v) is 4.09. The molecule has 2 heterocycles. The highest BCUT2D eigenvalue weighted by atomic mass is 16.5. The summed E-state index contributed by atoms with van der Waals surface area (Å²) in [6.07, 6.45) is 3.12. The van der Waals surface area contributed by atoms with E-state index in [9.17, 15) is 0 Å². The third-order valence-electron chi connectivity index (χ3n) is 4.09. The Bertz CT molecular complexity index is 217. The lowest BCUT2D eigenvalue weighted by atomic mass is 9.78. The molecule has 2 saturated heterocycles. The molecule has 2 aliphatic heterocycles. The highest BCUT2D eigenvalue weighted by molar-refractivity contribution is 4.98. The maximum atomic E-state index is 6.14. The zero-order chi connectivity index (χ0) is 12.1. The molecular formula is C13H25NO3. The Morgan fingerprint density at radius 1 is 1.29 bits per heavy atom. The van der Waals surface area contributed by atoms with Crippen LogP contribution in [0.5, 0.6) is 0 Å². The summed E-state index contributed by atoms with van der Waals surface area (Å²) in [6, 6.07) is 0.383. The molecule has 0 aromatic rings. The second kappa shape index (κ2) is 6.14. The highest BCUT2D eigenvalue weighted by Crippen LogP contribution is 2.35. The van der Waals surface area contributed by atoms with Crippen molar-refractivity contribution in [2.45, 2.75) is 37.8 Å². The molecule has 0 aliphatic carbocycles. The Hall–Kier alpha value is -0.160. The summed E-state index contributed by atoms with van der Waals surface area (Å²) in [7, 11) is 2.04. The van der Waals surface area contributed by atoms with Gasteiger partial charge in [0.1, 0.15) is 0 Å². The number of likely N-dealkylation sites (N-methyl/N-ethyl adjacent to an activating group) is 1. The van der Waals surface area contributed by atoms with Crippen molar-refractivity contribution >= 4 is 0 Å². The third kappa shape index (κ3) is 2.81. The quantitative estimate of drug-likeness (QED) is 0.787. The summed E-state index contributed by atoms with van der Waals surface area (Å²) in [5.74, 6) is 0.574. The molecule has 4 nitrogen and oxygen atoms in total. The second-order valence-electron chi connectivity index (χ2n) is 5.00. The van der Waals surface area contributed by atoms with Crippen LogP contribution in [0.3, 0.4) is 0 Å². The molecule has 17 heavy (non-hydrogen) atoms. The molecule has 1 N–H and O–H groups in total. The number of ether oxygens (including phenoxy) is 3. The largest absolute Gasteiger partial charge is 0.381 e. The lowest BCUT2D eigenvalue weighted by molar-refractivity contribution is -0.135. The van der Waals surface area contributed by atoms with Gasteiger partial charge < -0.3 is 19.5 Å². The van der Waals surface area contributed by atoms with Gasteiger partial charge in [0.05, 0.1) is 12.2 Å². The van der Waals surface area contributed by atoms with Crippen LogP contribution in [0.25, 0.3) is 0 Å². The normalized spacial score (nSPS) is 30.4. The summed E-state index contributed by atoms with van der Waals surface area (Å²) < 4.78 is 17.2. The summed E-state index contributed by atoms with van der Waals surface area (Å²) >= 11 is 0. The van der Waals surface area contributed by atoms with Crippen LogP contribution in [0.2, 0.25) is 0 Å². The maximum Gasteiger partial charge on any atom is 0.0881 e. The van der Waals surface area contributed by atoms with Crippen molar-refractivity contribution in [1.82, 2.24) is 5.32 Å². The van der Waals surface area contributed by atoms with E-state index in [1.807, 2.05) is 7.05 Å². The van der Waals surface area contributed by atoms with E-state index in [4.69, 9.17) is 14.2 Å². The molecule has 0 aromatic heterocycles. The van der Waals surface area contributed by atoms with Crippen molar-refractivity contribution in [2.75, 3.05) is 40.1 Å². The summed E-state index contributed by atoms with van der Waals surface area (Å²) in [6.45, 7) is 6.22. The molecule has 0 saturated carbocycles. The summed E-state index contributed by atoms with van der Waals surface area (Å²) in [5.41, 5.74) is -0.0554. The topological polar surface area (TPSA) is 39.7 Å². The van der Waals surface area contributed by atoms with E-state index in [0.717, 1.165) is 52.3 Å². The van der Waals surface area contributed by atoms with Gasteiger partial charge in [-0.2, -0.15) is 0 Å². The fraction of sp³-hybridized carbons (Fsp3) is 1.00. The van der Waals surface area contributed by atoms with Gasteiger partial charge in [-0.1, -0.05) is 0 Å². The van der Waals surface area contributed by atoms with Crippen molar-refractivity contribution in [3.05, 3.63) is 0 Å². The lowest BCUT2D eigenvalue weighted by Gasteiger charge is -2.45. The Balaban J connectivity index is 2.10. The number of hydrogen-bond acceptors (Lipinski definition) is 4. The van der Waals surface area contributed by atoms with Crippen LogP contribution >= 0.6 is 0 Å². The van der Waals surface area contributed by atoms with Crippen LogP contribution in [-0.2, 0) is 14.2 Å². The van der Waals surface area contributed by atoms with Gasteiger partial charge in [0.2, 0.25) is 0 Å². The zero-order valence-corrected chi connectivity index (χ0v) is 11.0. The predicted molar refractivity (Wildman–Crippen MR) is 66.2 cm³/mol. The average Bonchev–Trinajstić information content (AvgIpc) is 2.85. The minimum Gasteiger partial charge on any atom is -0.381 e. The first-order valence-electron chi connectivity index (χ1n) is 6.79. The van der Waals surface area contributed by atoms with Gasteiger partial charge in [-0.25, -0.2) is 0 Å². The van der Waals surface area contributed by atoms with E-state index in [-0.39, 0.29) is 5.60 Å². The Labute approximate surface area is 104 Å². The fourth-order valence-electron chi connectivity index (χ4n) is 3.29. The molecule has 100 valence electrons. The van der Waals surface area contributed by atoms with Crippen LogP contribution in [0.4, 0.5) is 0 Å². The SMILES string of the molecule is CCOC1(C(NC)C2CCOC2)CCOCC1. The van der Waals surface area contributed by atoms with Gasteiger partial charge in [-0.3, -0.25) is 0 Å². The van der Waals surface area contributed by atoms with Crippen LogP contribution in [0.1, 0.15) is 26.2 Å². The van der Waals surface area contributed by atoms with Crippen LogP contribution in [0, 0.1) is 5.92 Å². The highest BCUT2D eigenvalue weighted by Gasteiger charge is 2.45. The molecule has 0 amide bonds. The van der Waals surface area contributed by atoms with E-state index in [1.54, 1.807) is 0 Å². The molecule has 0 spiro atoms. The zero-order valence-electron chi connectivity index (χ0n) is 11.0. The number of hydrogen-bond donors (Lipinski definition) is 1. The second-order valence-corrected chi connectivity index (χ2v) is 5.00. The van der Waals surface area contributed by atoms with Gasteiger partial charge in [0.15, 0.2) is 0 Å². The van der Waals surface area contributed by atoms with E-state index in [2.05, 4.69) is 12.2 Å². The predicted octanol–water partition coefficient (Wildman–Crippen LogP) is 1.20. The monoisotopic (exact) mass is 243 g/mol. The molecule has 2 aliphatic rings. The van der Waals surface area contributed by atoms with Crippen molar-refractivity contribution in [3.63, 3.8) is 0 Å². The van der Waals surface area contributed by atoms with Gasteiger partial charge in [-0.15, -0.1) is 0 Å². The van der Waals surface area contributed by atoms with Gasteiger partial charge >= 0.3 is 0 Å². The molecule has 0 bridgehead atoms. The summed E-state index contributed by atoms with van der Waals surface area (Å²) in [4.78, 5) is 0. The first-order valence-corrected chi connectivity index (χ1v) is 6.79. The lowest BCUT2D eigenvalue weighted by Crippen LogP contribution is -2.58. The van der Waals surface area contributed by atoms with Crippen LogP contribution in [0.15, 0.2) is 0 Å². The standard InChI is InChI=1S/C13H25NO3/c1-3-17-13(5-8-15-9-6-13)12(14-2)11-4-7-16-10-11/h11-12,14H,3-10H2,1-2H3. The van der Waals surface area contributed by atoms with E-state index < -0.39 is 0 Å².